The van der Waals surface area contributed by atoms with Crippen LogP contribution in [-0.2, 0) is 4.79 Å². The van der Waals surface area contributed by atoms with Gasteiger partial charge in [0.25, 0.3) is 5.92 Å². The number of methoxy groups -OCH3 is 1. The van der Waals surface area contributed by atoms with E-state index in [9.17, 15) is 13.6 Å². The Balaban J connectivity index is 1.18. The summed E-state index contributed by atoms with van der Waals surface area (Å²) < 4.78 is 54.1. The molecule has 0 bridgehead atoms. The molecule has 2 aromatic heterocycles. The van der Waals surface area contributed by atoms with Gasteiger partial charge in [0, 0.05) is 61.9 Å². The quantitative estimate of drug-likeness (QED) is 0.214. The summed E-state index contributed by atoms with van der Waals surface area (Å²) >= 11 is 0. The first kappa shape index (κ1) is 30.0. The maximum absolute atomic E-state index is 15.3. The minimum absolute atomic E-state index is 0.0739. The molecule has 0 aliphatic carbocycles. The maximum Gasteiger partial charge on any atom is 0.266 e. The molecule has 10 nitrogen and oxygen atoms in total. The van der Waals surface area contributed by atoms with Crippen molar-refractivity contribution in [2.24, 2.45) is 0 Å². The lowest BCUT2D eigenvalue weighted by Crippen LogP contribution is -2.41. The number of halogens is 3. The van der Waals surface area contributed by atoms with Crippen LogP contribution in [0.5, 0.6) is 17.2 Å². The lowest BCUT2D eigenvalue weighted by molar-refractivity contribution is -0.126. The van der Waals surface area contributed by atoms with Crippen molar-refractivity contribution < 1.29 is 27.4 Å². The third kappa shape index (κ3) is 6.71. The van der Waals surface area contributed by atoms with Crippen LogP contribution >= 0.6 is 0 Å². The Morgan fingerprint density at radius 1 is 1.04 bits per heavy atom. The van der Waals surface area contributed by atoms with Gasteiger partial charge in [0.2, 0.25) is 5.91 Å². The van der Waals surface area contributed by atoms with Gasteiger partial charge < -0.3 is 29.9 Å². The monoisotopic (exact) mass is 619 g/mol. The third-order valence-corrected chi connectivity index (χ3v) is 7.94. The Bertz CT molecular complexity index is 1730. The second-order valence-electron chi connectivity index (χ2n) is 11.0. The van der Waals surface area contributed by atoms with Crippen LogP contribution in [0.15, 0.2) is 67.6 Å². The highest BCUT2D eigenvalue weighted by Crippen LogP contribution is 2.36. The van der Waals surface area contributed by atoms with Crippen molar-refractivity contribution in [1.29, 1.82) is 0 Å². The Labute approximate surface area is 257 Å². The molecule has 0 spiro atoms. The number of piperidine rings is 1. The highest BCUT2D eigenvalue weighted by atomic mass is 19.3. The number of ether oxygens (including phenoxy) is 2. The first-order chi connectivity index (χ1) is 21.7. The van der Waals surface area contributed by atoms with Crippen LogP contribution < -0.4 is 25.0 Å². The summed E-state index contributed by atoms with van der Waals surface area (Å²) in [5.74, 6) is -1.47. The summed E-state index contributed by atoms with van der Waals surface area (Å²) in [6, 6.07) is 11.3. The molecule has 0 atom stereocenters. The van der Waals surface area contributed by atoms with E-state index in [1.165, 1.54) is 35.6 Å². The van der Waals surface area contributed by atoms with Crippen molar-refractivity contribution in [3.63, 3.8) is 0 Å². The number of nitrogens with one attached hydrogen (secondary N) is 2. The zero-order valence-electron chi connectivity index (χ0n) is 24.6. The molecular weight excluding hydrogens is 587 g/mol. The molecule has 6 rings (SSSR count). The number of amides is 1. The van der Waals surface area contributed by atoms with Crippen molar-refractivity contribution in [2.75, 3.05) is 48.8 Å². The molecule has 0 radical (unpaired) electrons. The molecule has 13 heteroatoms. The van der Waals surface area contributed by atoms with E-state index in [4.69, 9.17) is 9.47 Å². The summed E-state index contributed by atoms with van der Waals surface area (Å²) in [6.07, 6.45) is 5.47. The van der Waals surface area contributed by atoms with E-state index >= 15 is 4.39 Å². The van der Waals surface area contributed by atoms with Crippen LogP contribution in [-0.4, -0.2) is 71.0 Å². The molecule has 2 aliphatic heterocycles. The summed E-state index contributed by atoms with van der Waals surface area (Å²) in [7, 11) is 1.58. The second kappa shape index (κ2) is 12.5. The van der Waals surface area contributed by atoms with Crippen LogP contribution in [0.2, 0.25) is 0 Å². The number of hydrogen-bond acceptors (Lipinski definition) is 9. The molecule has 2 fully saturated rings. The second-order valence-corrected chi connectivity index (χ2v) is 11.0. The summed E-state index contributed by atoms with van der Waals surface area (Å²) in [5, 5.41) is 7.23. The number of aromatic nitrogens is 3. The topological polar surface area (TPSA) is 105 Å². The number of carbonyl (C=O) groups is 1. The molecule has 0 unspecified atom stereocenters. The standard InChI is InChI=1S/C32H32F3N7O3/c1-3-30(43)41-11-7-20(8-12-41)39-27-16-23-26(17-28(27)44-2)37-19-38-31(23)40-25-5-4-21(14-24(25)33)45-22-6-10-36-29(15-22)42-13-9-32(34,35)18-42/h3-6,10,14-17,19-20,39H,1,7-9,11-13,18H2,2H3,(H,37,38,40). The SMILES string of the molecule is C=CC(=O)N1CCC(Nc2cc3c(Nc4ccc(Oc5ccnc(N6CCC(F)(F)C6)c5)cc4F)ncnc3cc2OC)CC1. The van der Waals surface area contributed by atoms with Crippen LogP contribution in [0.25, 0.3) is 10.9 Å². The van der Waals surface area contributed by atoms with Crippen LogP contribution in [0.3, 0.4) is 0 Å². The molecule has 1 amide bonds. The molecular formula is C32H32F3N7O3. The van der Waals surface area contributed by atoms with E-state index in [0.29, 0.717) is 47.1 Å². The lowest BCUT2D eigenvalue weighted by atomic mass is 10.0. The Kier molecular flexibility index (Phi) is 8.33. The molecule has 4 heterocycles. The fraction of sp³-hybridized carbons (Fsp3) is 0.312. The van der Waals surface area contributed by atoms with E-state index in [2.05, 4.69) is 32.2 Å². The summed E-state index contributed by atoms with van der Waals surface area (Å²) in [4.78, 5) is 28.1. The fourth-order valence-electron chi connectivity index (χ4n) is 5.55. The number of nitrogens with zero attached hydrogens (tertiary/aromatic N) is 5. The number of benzene rings is 2. The average Bonchev–Trinajstić information content (AvgIpc) is 3.41. The van der Waals surface area contributed by atoms with E-state index in [1.54, 1.807) is 36.3 Å². The Hall–Kier alpha value is -5.07. The van der Waals surface area contributed by atoms with E-state index in [0.717, 1.165) is 18.5 Å². The van der Waals surface area contributed by atoms with Crippen molar-refractivity contribution in [1.82, 2.24) is 19.9 Å². The predicted molar refractivity (Wildman–Crippen MR) is 165 cm³/mol. The highest BCUT2D eigenvalue weighted by molar-refractivity contribution is 5.95. The molecule has 45 heavy (non-hydrogen) atoms. The molecule has 2 aromatic carbocycles. The minimum Gasteiger partial charge on any atom is -0.495 e. The smallest absolute Gasteiger partial charge is 0.266 e. The van der Waals surface area contributed by atoms with Gasteiger partial charge in [-0.1, -0.05) is 6.58 Å². The summed E-state index contributed by atoms with van der Waals surface area (Å²) in [5.41, 5.74) is 1.50. The number of alkyl halides is 2. The molecule has 2 saturated heterocycles. The number of carbonyl (C=O) groups excluding carboxylic acids is 1. The number of likely N-dealkylation sites (tertiary alicyclic amines) is 1. The van der Waals surface area contributed by atoms with Gasteiger partial charge in [0.05, 0.1) is 30.5 Å². The average molecular weight is 620 g/mol. The van der Waals surface area contributed by atoms with Gasteiger partial charge in [-0.15, -0.1) is 0 Å². The van der Waals surface area contributed by atoms with Gasteiger partial charge in [-0.3, -0.25) is 4.79 Å². The largest absolute Gasteiger partial charge is 0.495 e. The number of pyridine rings is 1. The van der Waals surface area contributed by atoms with Gasteiger partial charge in [0.15, 0.2) is 0 Å². The first-order valence-corrected chi connectivity index (χ1v) is 14.6. The van der Waals surface area contributed by atoms with E-state index in [1.807, 2.05) is 6.07 Å². The van der Waals surface area contributed by atoms with Crippen molar-refractivity contribution in [3.05, 3.63) is 73.5 Å². The number of hydrogen-bond donors (Lipinski definition) is 2. The molecule has 234 valence electrons. The highest BCUT2D eigenvalue weighted by Gasteiger charge is 2.38. The van der Waals surface area contributed by atoms with Gasteiger partial charge in [0.1, 0.15) is 41.0 Å². The Morgan fingerprint density at radius 3 is 2.56 bits per heavy atom. The molecule has 0 saturated carbocycles. The minimum atomic E-state index is -2.75. The van der Waals surface area contributed by atoms with Crippen LogP contribution in [0.1, 0.15) is 19.3 Å². The van der Waals surface area contributed by atoms with Crippen molar-refractivity contribution in [3.8, 4) is 17.2 Å². The van der Waals surface area contributed by atoms with Crippen molar-refractivity contribution >= 4 is 39.8 Å². The van der Waals surface area contributed by atoms with E-state index in [-0.39, 0.29) is 36.4 Å². The maximum atomic E-state index is 15.3. The fourth-order valence-corrected chi connectivity index (χ4v) is 5.55. The van der Waals surface area contributed by atoms with Gasteiger partial charge >= 0.3 is 0 Å². The zero-order valence-corrected chi connectivity index (χ0v) is 24.6. The zero-order chi connectivity index (χ0) is 31.6. The normalized spacial score (nSPS) is 16.4. The van der Waals surface area contributed by atoms with E-state index < -0.39 is 18.3 Å². The van der Waals surface area contributed by atoms with Crippen LogP contribution in [0, 0.1) is 5.82 Å². The number of fused-ring (bicyclic) bond motifs is 1. The predicted octanol–water partition coefficient (Wildman–Crippen LogP) is 6.14. The number of rotatable bonds is 9. The first-order valence-electron chi connectivity index (χ1n) is 14.6. The van der Waals surface area contributed by atoms with Crippen LogP contribution in [0.4, 0.5) is 36.2 Å². The third-order valence-electron chi connectivity index (χ3n) is 7.94. The van der Waals surface area contributed by atoms with Gasteiger partial charge in [-0.05, 0) is 43.2 Å². The lowest BCUT2D eigenvalue weighted by Gasteiger charge is -2.32. The Morgan fingerprint density at radius 2 is 1.84 bits per heavy atom. The molecule has 4 aromatic rings. The molecule has 2 N–H and O–H groups in total. The van der Waals surface area contributed by atoms with Gasteiger partial charge in [-0.25, -0.2) is 28.1 Å². The van der Waals surface area contributed by atoms with Crippen molar-refractivity contribution in [2.45, 2.75) is 31.2 Å². The number of anilines is 4. The molecule has 2 aliphatic rings. The summed E-state index contributed by atoms with van der Waals surface area (Å²) in [6.45, 7) is 4.59. The van der Waals surface area contributed by atoms with Gasteiger partial charge in [-0.2, -0.15) is 0 Å².